The molecule has 0 amide bonds. The van der Waals surface area contributed by atoms with Crippen molar-refractivity contribution >= 4 is 29.1 Å². The van der Waals surface area contributed by atoms with E-state index in [1.54, 1.807) is 26.4 Å². The third-order valence-electron chi connectivity index (χ3n) is 4.12. The van der Waals surface area contributed by atoms with Crippen molar-refractivity contribution in [3.8, 4) is 11.5 Å². The maximum atomic E-state index is 6.18. The zero-order valence-corrected chi connectivity index (χ0v) is 16.9. The molecule has 0 spiro atoms. The number of anilines is 3. The van der Waals surface area contributed by atoms with Gasteiger partial charge in [-0.2, -0.15) is 4.98 Å². The Kier molecular flexibility index (Phi) is 6.55. The van der Waals surface area contributed by atoms with E-state index in [4.69, 9.17) is 21.1 Å². The number of hydrogen-bond donors (Lipinski definition) is 2. The van der Waals surface area contributed by atoms with Gasteiger partial charge in [-0.3, -0.25) is 0 Å². The highest BCUT2D eigenvalue weighted by atomic mass is 35.5. The van der Waals surface area contributed by atoms with Crippen LogP contribution in [0.15, 0.2) is 48.5 Å². The maximum absolute atomic E-state index is 6.18. The monoisotopic (exact) mass is 398 g/mol. The van der Waals surface area contributed by atoms with Crippen molar-refractivity contribution < 1.29 is 9.47 Å². The molecule has 7 heteroatoms. The molecule has 0 aliphatic carbocycles. The molecule has 0 atom stereocenters. The molecule has 0 saturated carbocycles. The summed E-state index contributed by atoms with van der Waals surface area (Å²) in [5.41, 5.74) is 2.85. The number of benzene rings is 2. The van der Waals surface area contributed by atoms with Crippen LogP contribution in [0.1, 0.15) is 11.3 Å². The maximum Gasteiger partial charge on any atom is 0.229 e. The second-order valence-corrected chi connectivity index (χ2v) is 6.63. The molecule has 2 aromatic carbocycles. The van der Waals surface area contributed by atoms with E-state index in [0.29, 0.717) is 16.7 Å². The number of halogens is 1. The van der Waals surface area contributed by atoms with Gasteiger partial charge in [0.25, 0.3) is 0 Å². The summed E-state index contributed by atoms with van der Waals surface area (Å²) < 4.78 is 10.4. The summed E-state index contributed by atoms with van der Waals surface area (Å²) in [6.07, 6.45) is 0.858. The summed E-state index contributed by atoms with van der Waals surface area (Å²) in [5, 5.41) is 7.06. The van der Waals surface area contributed by atoms with Gasteiger partial charge < -0.3 is 20.1 Å². The first-order valence-electron chi connectivity index (χ1n) is 8.90. The van der Waals surface area contributed by atoms with Crippen LogP contribution >= 0.6 is 11.6 Å². The van der Waals surface area contributed by atoms with Gasteiger partial charge in [0.1, 0.15) is 17.3 Å². The number of rotatable bonds is 8. The van der Waals surface area contributed by atoms with Crippen molar-refractivity contribution in [1.29, 1.82) is 0 Å². The van der Waals surface area contributed by atoms with Crippen LogP contribution in [-0.4, -0.2) is 30.7 Å². The molecule has 3 aromatic rings. The van der Waals surface area contributed by atoms with Crippen LogP contribution in [0.3, 0.4) is 0 Å². The highest BCUT2D eigenvalue weighted by Gasteiger charge is 2.06. The minimum absolute atomic E-state index is 0.505. The Bertz CT molecular complexity index is 949. The number of aromatic nitrogens is 2. The molecular weight excluding hydrogens is 376 g/mol. The second-order valence-electron chi connectivity index (χ2n) is 6.22. The van der Waals surface area contributed by atoms with Gasteiger partial charge >= 0.3 is 0 Å². The van der Waals surface area contributed by atoms with E-state index < -0.39 is 0 Å². The van der Waals surface area contributed by atoms with Gasteiger partial charge in [0.05, 0.1) is 19.2 Å². The number of nitrogens with zero attached hydrogens (tertiary/aromatic N) is 2. The number of aryl methyl sites for hydroxylation is 1. The molecule has 0 bridgehead atoms. The van der Waals surface area contributed by atoms with Crippen LogP contribution < -0.4 is 20.1 Å². The summed E-state index contributed by atoms with van der Waals surface area (Å²) >= 11 is 6.18. The van der Waals surface area contributed by atoms with Crippen molar-refractivity contribution in [3.05, 3.63) is 64.8 Å². The average Bonchev–Trinajstić information content (AvgIpc) is 2.68. The molecule has 1 aromatic heterocycles. The zero-order valence-electron chi connectivity index (χ0n) is 16.1. The summed E-state index contributed by atoms with van der Waals surface area (Å²) in [4.78, 5) is 8.97. The highest BCUT2D eigenvalue weighted by molar-refractivity contribution is 6.32. The molecule has 1 heterocycles. The number of ether oxygens (including phenoxy) is 2. The molecule has 0 fully saturated rings. The molecule has 0 aliphatic rings. The van der Waals surface area contributed by atoms with Crippen molar-refractivity contribution in [1.82, 2.24) is 9.97 Å². The quantitative estimate of drug-likeness (QED) is 0.565. The van der Waals surface area contributed by atoms with Crippen molar-refractivity contribution in [3.63, 3.8) is 0 Å². The normalized spacial score (nSPS) is 10.4. The van der Waals surface area contributed by atoms with E-state index in [9.17, 15) is 0 Å². The Morgan fingerprint density at radius 3 is 2.61 bits per heavy atom. The Morgan fingerprint density at radius 1 is 1.00 bits per heavy atom. The highest BCUT2D eigenvalue weighted by Crippen LogP contribution is 2.28. The molecule has 0 aliphatic heterocycles. The molecule has 6 nitrogen and oxygen atoms in total. The van der Waals surface area contributed by atoms with Crippen LogP contribution in [-0.2, 0) is 6.42 Å². The number of nitrogens with one attached hydrogen (secondary N) is 2. The fourth-order valence-corrected chi connectivity index (χ4v) is 3.01. The third kappa shape index (κ3) is 5.27. The van der Waals surface area contributed by atoms with Crippen LogP contribution in [0.5, 0.6) is 11.5 Å². The molecule has 28 heavy (non-hydrogen) atoms. The zero-order chi connectivity index (χ0) is 19.9. The molecule has 0 unspecified atom stereocenters. The van der Waals surface area contributed by atoms with Gasteiger partial charge in [-0.1, -0.05) is 23.7 Å². The summed E-state index contributed by atoms with van der Waals surface area (Å²) in [6.45, 7) is 2.68. The van der Waals surface area contributed by atoms with Crippen molar-refractivity contribution in [2.75, 3.05) is 31.4 Å². The Balaban J connectivity index is 1.65. The van der Waals surface area contributed by atoms with E-state index in [0.717, 1.165) is 35.9 Å². The van der Waals surface area contributed by atoms with Crippen LogP contribution in [0.4, 0.5) is 17.5 Å². The largest absolute Gasteiger partial charge is 0.497 e. The van der Waals surface area contributed by atoms with E-state index >= 15 is 0 Å². The van der Waals surface area contributed by atoms with E-state index in [1.165, 1.54) is 5.56 Å². The first-order chi connectivity index (χ1) is 13.6. The lowest BCUT2D eigenvalue weighted by Crippen LogP contribution is -2.09. The molecular formula is C21H23ClN4O2. The molecule has 2 N–H and O–H groups in total. The Morgan fingerprint density at radius 2 is 1.86 bits per heavy atom. The van der Waals surface area contributed by atoms with Gasteiger partial charge in [0.15, 0.2) is 0 Å². The average molecular weight is 399 g/mol. The van der Waals surface area contributed by atoms with Crippen LogP contribution in [0.2, 0.25) is 5.02 Å². The Labute approximate surface area is 169 Å². The number of methoxy groups -OCH3 is 2. The lowest BCUT2D eigenvalue weighted by atomic mass is 10.1. The number of hydrogen-bond acceptors (Lipinski definition) is 6. The van der Waals surface area contributed by atoms with Gasteiger partial charge in [0.2, 0.25) is 5.95 Å². The molecule has 146 valence electrons. The molecule has 0 radical (unpaired) electrons. The first-order valence-corrected chi connectivity index (χ1v) is 9.28. The van der Waals surface area contributed by atoms with E-state index in [-0.39, 0.29) is 0 Å². The van der Waals surface area contributed by atoms with Crippen molar-refractivity contribution in [2.24, 2.45) is 0 Å². The van der Waals surface area contributed by atoms with Gasteiger partial charge in [-0.05, 0) is 49.2 Å². The third-order valence-corrected chi connectivity index (χ3v) is 4.41. The SMILES string of the molecule is COc1cccc(CCNc2cc(C)nc(Nc3ccc(OC)c(Cl)c3)n2)c1. The van der Waals surface area contributed by atoms with Gasteiger partial charge in [-0.25, -0.2) is 4.98 Å². The fourth-order valence-electron chi connectivity index (χ4n) is 2.75. The van der Waals surface area contributed by atoms with Gasteiger partial charge in [0, 0.05) is 24.0 Å². The first kappa shape index (κ1) is 19.8. The summed E-state index contributed by atoms with van der Waals surface area (Å²) in [5.74, 6) is 2.75. The van der Waals surface area contributed by atoms with E-state index in [2.05, 4.69) is 26.7 Å². The lowest BCUT2D eigenvalue weighted by Gasteiger charge is -2.11. The van der Waals surface area contributed by atoms with Crippen molar-refractivity contribution in [2.45, 2.75) is 13.3 Å². The van der Waals surface area contributed by atoms with E-state index in [1.807, 2.05) is 37.3 Å². The van der Waals surface area contributed by atoms with Crippen LogP contribution in [0.25, 0.3) is 0 Å². The predicted molar refractivity (Wildman–Crippen MR) is 113 cm³/mol. The standard InChI is InChI=1S/C21H23ClN4O2/c1-14-11-20(23-10-9-15-5-4-6-17(12-15)27-2)26-21(24-14)25-16-7-8-19(28-3)18(22)13-16/h4-8,11-13H,9-10H2,1-3H3,(H2,23,24,25,26). The summed E-state index contributed by atoms with van der Waals surface area (Å²) in [6, 6.07) is 15.4. The molecule has 3 rings (SSSR count). The minimum Gasteiger partial charge on any atom is -0.497 e. The van der Waals surface area contributed by atoms with Crippen LogP contribution in [0, 0.1) is 6.92 Å². The topological polar surface area (TPSA) is 68.3 Å². The second kappa shape index (κ2) is 9.28. The summed E-state index contributed by atoms with van der Waals surface area (Å²) in [7, 11) is 3.26. The Hall–Kier alpha value is -2.99. The lowest BCUT2D eigenvalue weighted by molar-refractivity contribution is 0.414. The minimum atomic E-state index is 0.505. The molecule has 0 saturated heterocycles. The smallest absolute Gasteiger partial charge is 0.229 e. The van der Waals surface area contributed by atoms with Gasteiger partial charge in [-0.15, -0.1) is 0 Å². The fraction of sp³-hybridized carbons (Fsp3) is 0.238. The predicted octanol–water partition coefficient (Wildman–Crippen LogP) is 4.85.